The topological polar surface area (TPSA) is 70.8 Å². The molecule has 1 aromatic heterocycles. The predicted octanol–water partition coefficient (Wildman–Crippen LogP) is 5.30. The first-order valence-corrected chi connectivity index (χ1v) is 10.2. The van der Waals surface area contributed by atoms with E-state index in [1.54, 1.807) is 30.3 Å². The van der Waals surface area contributed by atoms with Crippen LogP contribution in [0, 0.1) is 5.92 Å². The molecule has 0 aliphatic carbocycles. The van der Waals surface area contributed by atoms with Crippen molar-refractivity contribution in [3.63, 3.8) is 0 Å². The molecule has 146 valence electrons. The van der Waals surface area contributed by atoms with E-state index in [9.17, 15) is 14.7 Å². The van der Waals surface area contributed by atoms with Crippen LogP contribution in [0.25, 0.3) is 17.4 Å². The van der Waals surface area contributed by atoms with Crippen LogP contribution in [0.3, 0.4) is 0 Å². The molecular weight excluding hydrogens is 418 g/mol. The monoisotopic (exact) mass is 435 g/mol. The molecule has 1 fully saturated rings. The maximum Gasteiger partial charge on any atom is 0.326 e. The van der Waals surface area contributed by atoms with Crippen LogP contribution in [0.4, 0.5) is 0 Å². The average molecular weight is 436 g/mol. The van der Waals surface area contributed by atoms with Gasteiger partial charge >= 0.3 is 5.97 Å². The molecule has 1 aliphatic rings. The van der Waals surface area contributed by atoms with Gasteiger partial charge in [-0.15, -0.1) is 0 Å². The second kappa shape index (κ2) is 8.51. The van der Waals surface area contributed by atoms with Crippen LogP contribution < -0.4 is 0 Å². The summed E-state index contributed by atoms with van der Waals surface area (Å²) in [4.78, 5) is 26.0. The van der Waals surface area contributed by atoms with Gasteiger partial charge in [0.15, 0.2) is 0 Å². The molecule has 28 heavy (non-hydrogen) atoms. The molecular formula is C20H18ClNO4S2. The van der Waals surface area contributed by atoms with Gasteiger partial charge in [0.1, 0.15) is 21.9 Å². The number of aliphatic carboxylic acids is 1. The number of amides is 1. The number of thiocarbonyl (C=S) groups is 1. The van der Waals surface area contributed by atoms with Crippen molar-refractivity contribution in [2.24, 2.45) is 5.92 Å². The molecule has 1 atom stereocenters. The zero-order chi connectivity index (χ0) is 20.4. The summed E-state index contributed by atoms with van der Waals surface area (Å²) in [5.41, 5.74) is 0.861. The Morgan fingerprint density at radius 3 is 2.57 bits per heavy atom. The summed E-state index contributed by atoms with van der Waals surface area (Å²) in [5.74, 6) is -0.230. The maximum atomic E-state index is 12.8. The van der Waals surface area contributed by atoms with E-state index in [4.69, 9.17) is 28.2 Å². The summed E-state index contributed by atoms with van der Waals surface area (Å²) in [6.45, 7) is 3.81. The van der Waals surface area contributed by atoms with Gasteiger partial charge in [0.25, 0.3) is 5.91 Å². The molecule has 0 spiro atoms. The van der Waals surface area contributed by atoms with Gasteiger partial charge in [0.05, 0.1) is 4.91 Å². The summed E-state index contributed by atoms with van der Waals surface area (Å²) in [6, 6.07) is 9.80. The minimum Gasteiger partial charge on any atom is -0.480 e. The first-order chi connectivity index (χ1) is 13.3. The van der Waals surface area contributed by atoms with Crippen LogP contribution in [0.1, 0.15) is 26.0 Å². The lowest BCUT2D eigenvalue weighted by Gasteiger charge is -2.24. The summed E-state index contributed by atoms with van der Waals surface area (Å²) >= 11 is 12.3. The number of nitrogens with zero attached hydrogens (tertiary/aromatic N) is 1. The Hall–Kier alpha value is -2.09. The minimum absolute atomic E-state index is 0.113. The van der Waals surface area contributed by atoms with Crippen LogP contribution in [0.5, 0.6) is 0 Å². The molecule has 2 aromatic rings. The van der Waals surface area contributed by atoms with Crippen LogP contribution in [-0.4, -0.2) is 32.2 Å². The van der Waals surface area contributed by atoms with Crippen molar-refractivity contribution in [1.82, 2.24) is 4.90 Å². The molecule has 1 aliphatic heterocycles. The standard InChI is InChI=1S/C20H18ClNO4S2/c1-11(2)9-15(19(24)25)22-18(23)17(28-20(22)27)10-14-7-8-16(26-14)12-3-5-13(21)6-4-12/h3-8,10-11,15H,9H2,1-2H3,(H,24,25)/b17-10+. The van der Waals surface area contributed by atoms with Gasteiger partial charge in [-0.05, 0) is 48.7 Å². The third-order valence-corrected chi connectivity index (χ3v) is 5.73. The molecule has 0 bridgehead atoms. The number of benzene rings is 1. The third kappa shape index (κ3) is 4.48. The largest absolute Gasteiger partial charge is 0.480 e. The molecule has 1 unspecified atom stereocenters. The Balaban J connectivity index is 1.84. The van der Waals surface area contributed by atoms with Gasteiger partial charge in [-0.2, -0.15) is 0 Å². The average Bonchev–Trinajstić information content (AvgIpc) is 3.19. The second-order valence-corrected chi connectivity index (χ2v) is 8.86. The zero-order valence-corrected chi connectivity index (χ0v) is 17.6. The van der Waals surface area contributed by atoms with Crippen LogP contribution >= 0.6 is 35.6 Å². The fourth-order valence-electron chi connectivity index (χ4n) is 2.84. The summed E-state index contributed by atoms with van der Waals surface area (Å²) < 4.78 is 6.04. The van der Waals surface area contributed by atoms with Crippen molar-refractivity contribution in [2.75, 3.05) is 0 Å². The normalized spacial score (nSPS) is 17.0. The number of hydrogen-bond donors (Lipinski definition) is 1. The maximum absolute atomic E-state index is 12.8. The Morgan fingerprint density at radius 2 is 1.96 bits per heavy atom. The number of hydrogen-bond acceptors (Lipinski definition) is 5. The summed E-state index contributed by atoms with van der Waals surface area (Å²) in [7, 11) is 0. The van der Waals surface area contributed by atoms with Crippen LogP contribution in [0.15, 0.2) is 45.7 Å². The van der Waals surface area contributed by atoms with Crippen molar-refractivity contribution < 1.29 is 19.1 Å². The van der Waals surface area contributed by atoms with E-state index in [0.717, 1.165) is 17.3 Å². The number of thioether (sulfide) groups is 1. The van der Waals surface area contributed by atoms with E-state index < -0.39 is 17.9 Å². The Labute approximate surface area is 177 Å². The lowest BCUT2D eigenvalue weighted by atomic mass is 10.0. The van der Waals surface area contributed by atoms with E-state index >= 15 is 0 Å². The van der Waals surface area contributed by atoms with Gasteiger partial charge in [0, 0.05) is 16.7 Å². The highest BCUT2D eigenvalue weighted by atomic mass is 35.5. The number of carboxylic acid groups (broad SMARTS) is 1. The van der Waals surface area contributed by atoms with Gasteiger partial charge in [-0.25, -0.2) is 4.79 Å². The number of carbonyl (C=O) groups excluding carboxylic acids is 1. The molecule has 0 saturated carbocycles. The lowest BCUT2D eigenvalue weighted by Crippen LogP contribution is -2.44. The number of rotatable bonds is 6. The van der Waals surface area contributed by atoms with Gasteiger partial charge in [0.2, 0.25) is 0 Å². The van der Waals surface area contributed by atoms with Gasteiger partial charge in [-0.3, -0.25) is 9.69 Å². The first-order valence-electron chi connectivity index (χ1n) is 8.62. The van der Waals surface area contributed by atoms with Crippen LogP contribution in [0.2, 0.25) is 5.02 Å². The molecule has 1 N–H and O–H groups in total. The van der Waals surface area contributed by atoms with Crippen molar-refractivity contribution in [3.05, 3.63) is 52.1 Å². The third-order valence-electron chi connectivity index (χ3n) is 4.14. The molecule has 1 aromatic carbocycles. The van der Waals surface area contributed by atoms with Crippen molar-refractivity contribution >= 4 is 57.9 Å². The van der Waals surface area contributed by atoms with E-state index in [0.29, 0.717) is 27.9 Å². The molecule has 1 amide bonds. The first kappa shape index (κ1) is 20.6. The molecule has 2 heterocycles. The highest BCUT2D eigenvalue weighted by Gasteiger charge is 2.40. The Morgan fingerprint density at radius 1 is 1.29 bits per heavy atom. The smallest absolute Gasteiger partial charge is 0.326 e. The zero-order valence-electron chi connectivity index (χ0n) is 15.2. The Kier molecular flexibility index (Phi) is 6.27. The van der Waals surface area contributed by atoms with Crippen molar-refractivity contribution in [1.29, 1.82) is 0 Å². The Bertz CT molecular complexity index is 949. The molecule has 1 saturated heterocycles. The van der Waals surface area contributed by atoms with Crippen molar-refractivity contribution in [3.8, 4) is 11.3 Å². The summed E-state index contributed by atoms with van der Waals surface area (Å²) in [6.07, 6.45) is 1.92. The number of carboxylic acids is 1. The fourth-order valence-corrected chi connectivity index (χ4v) is 4.30. The summed E-state index contributed by atoms with van der Waals surface area (Å²) in [5, 5.41) is 10.2. The quantitative estimate of drug-likeness (QED) is 0.490. The highest BCUT2D eigenvalue weighted by molar-refractivity contribution is 8.26. The second-order valence-electron chi connectivity index (χ2n) is 6.74. The number of carbonyl (C=O) groups is 2. The van der Waals surface area contributed by atoms with Crippen LogP contribution in [-0.2, 0) is 9.59 Å². The van der Waals surface area contributed by atoms with E-state index in [2.05, 4.69) is 0 Å². The fraction of sp³-hybridized carbons (Fsp3) is 0.250. The van der Waals surface area contributed by atoms with Gasteiger partial charge in [-0.1, -0.05) is 49.4 Å². The van der Waals surface area contributed by atoms with E-state index in [-0.39, 0.29) is 10.2 Å². The molecule has 3 rings (SSSR count). The van der Waals surface area contributed by atoms with Crippen molar-refractivity contribution in [2.45, 2.75) is 26.3 Å². The molecule has 0 radical (unpaired) electrons. The predicted molar refractivity (Wildman–Crippen MR) is 115 cm³/mol. The minimum atomic E-state index is -1.06. The number of halogens is 1. The lowest BCUT2D eigenvalue weighted by molar-refractivity contribution is -0.145. The van der Waals surface area contributed by atoms with Gasteiger partial charge < -0.3 is 9.52 Å². The van der Waals surface area contributed by atoms with E-state index in [1.807, 2.05) is 26.0 Å². The highest BCUT2D eigenvalue weighted by Crippen LogP contribution is 2.36. The molecule has 5 nitrogen and oxygen atoms in total. The number of furan rings is 1. The molecule has 8 heteroatoms. The SMILES string of the molecule is CC(C)CC(C(=O)O)N1C(=O)/C(=C\c2ccc(-c3ccc(Cl)cc3)o2)SC1=S. The van der Waals surface area contributed by atoms with E-state index in [1.165, 1.54) is 4.90 Å².